The van der Waals surface area contributed by atoms with E-state index in [1.165, 1.54) is 6.07 Å². The van der Waals surface area contributed by atoms with Crippen LogP contribution in [0, 0.1) is 12.7 Å². The van der Waals surface area contributed by atoms with Crippen LogP contribution in [0.4, 0.5) is 4.39 Å². The van der Waals surface area contributed by atoms with Gasteiger partial charge >= 0.3 is 0 Å². The standard InChI is InChI=1S/C17H23FN2O/c1-4-15(19)17(16-10-9-12(2)21-16)20(3)11-13-7-5-6-8-14(13)18/h5-10,15,17H,4,11,19H2,1-3H3. The summed E-state index contributed by atoms with van der Waals surface area (Å²) in [5.41, 5.74) is 6.92. The van der Waals surface area contributed by atoms with Crippen molar-refractivity contribution in [3.8, 4) is 0 Å². The molecule has 1 aromatic heterocycles. The molecule has 1 heterocycles. The van der Waals surface area contributed by atoms with Gasteiger partial charge in [-0.3, -0.25) is 4.90 Å². The molecule has 0 aliphatic heterocycles. The molecule has 114 valence electrons. The lowest BCUT2D eigenvalue weighted by Crippen LogP contribution is -2.38. The largest absolute Gasteiger partial charge is 0.465 e. The minimum atomic E-state index is -0.191. The maximum Gasteiger partial charge on any atom is 0.127 e. The van der Waals surface area contributed by atoms with Crippen LogP contribution in [0.25, 0.3) is 0 Å². The first-order chi connectivity index (χ1) is 10.0. The summed E-state index contributed by atoms with van der Waals surface area (Å²) in [5, 5.41) is 0. The Morgan fingerprint density at radius 2 is 1.95 bits per heavy atom. The van der Waals surface area contributed by atoms with Gasteiger partial charge in [0.05, 0.1) is 6.04 Å². The molecule has 2 N–H and O–H groups in total. The molecule has 4 heteroatoms. The predicted molar refractivity (Wildman–Crippen MR) is 82.3 cm³/mol. The Morgan fingerprint density at radius 1 is 1.24 bits per heavy atom. The number of furan rings is 1. The average molecular weight is 290 g/mol. The third-order valence-electron chi connectivity index (χ3n) is 3.78. The second-order valence-electron chi connectivity index (χ2n) is 5.47. The molecule has 1 aromatic carbocycles. The lowest BCUT2D eigenvalue weighted by Gasteiger charge is -2.31. The average Bonchev–Trinajstić information content (AvgIpc) is 2.87. The number of nitrogens with two attached hydrogens (primary N) is 1. The second-order valence-corrected chi connectivity index (χ2v) is 5.47. The molecular formula is C17H23FN2O. The molecule has 2 rings (SSSR count). The Kier molecular flexibility index (Phi) is 5.15. The number of aryl methyl sites for hydroxylation is 1. The lowest BCUT2D eigenvalue weighted by molar-refractivity contribution is 0.172. The van der Waals surface area contributed by atoms with Crippen LogP contribution < -0.4 is 5.73 Å². The van der Waals surface area contributed by atoms with Gasteiger partial charge in [-0.2, -0.15) is 0 Å². The molecule has 0 amide bonds. The SMILES string of the molecule is CCC(N)C(c1ccc(C)o1)N(C)Cc1ccccc1F. The van der Waals surface area contributed by atoms with E-state index in [0.717, 1.165) is 17.9 Å². The first-order valence-corrected chi connectivity index (χ1v) is 7.28. The van der Waals surface area contributed by atoms with Crippen molar-refractivity contribution in [2.45, 2.75) is 38.9 Å². The third kappa shape index (κ3) is 3.71. The molecule has 21 heavy (non-hydrogen) atoms. The highest BCUT2D eigenvalue weighted by Crippen LogP contribution is 2.27. The van der Waals surface area contributed by atoms with E-state index in [9.17, 15) is 4.39 Å². The minimum Gasteiger partial charge on any atom is -0.465 e. The van der Waals surface area contributed by atoms with Crippen molar-refractivity contribution in [3.05, 3.63) is 59.3 Å². The van der Waals surface area contributed by atoms with Crippen molar-refractivity contribution >= 4 is 0 Å². The van der Waals surface area contributed by atoms with Crippen molar-refractivity contribution in [3.63, 3.8) is 0 Å². The topological polar surface area (TPSA) is 42.4 Å². The maximum atomic E-state index is 13.8. The number of likely N-dealkylation sites (N-methyl/N-ethyl adjacent to an activating group) is 1. The molecule has 2 aromatic rings. The van der Waals surface area contributed by atoms with Gasteiger partial charge in [-0.1, -0.05) is 25.1 Å². The molecule has 0 aliphatic rings. The van der Waals surface area contributed by atoms with E-state index >= 15 is 0 Å². The van der Waals surface area contributed by atoms with Crippen LogP contribution in [0.1, 0.15) is 36.5 Å². The van der Waals surface area contributed by atoms with Gasteiger partial charge in [0, 0.05) is 18.2 Å². The van der Waals surface area contributed by atoms with Crippen LogP contribution in [-0.4, -0.2) is 18.0 Å². The van der Waals surface area contributed by atoms with Crippen LogP contribution in [0.15, 0.2) is 40.8 Å². The highest BCUT2D eigenvalue weighted by atomic mass is 19.1. The highest BCUT2D eigenvalue weighted by molar-refractivity contribution is 5.18. The number of hydrogen-bond acceptors (Lipinski definition) is 3. The van der Waals surface area contributed by atoms with E-state index in [4.69, 9.17) is 10.2 Å². The van der Waals surface area contributed by atoms with Gasteiger partial charge in [-0.15, -0.1) is 0 Å². The number of benzene rings is 1. The summed E-state index contributed by atoms with van der Waals surface area (Å²) in [6, 6.07) is 10.6. The number of hydrogen-bond donors (Lipinski definition) is 1. The summed E-state index contributed by atoms with van der Waals surface area (Å²) in [5.74, 6) is 1.50. The van der Waals surface area contributed by atoms with Crippen molar-refractivity contribution in [2.24, 2.45) is 5.73 Å². The summed E-state index contributed by atoms with van der Waals surface area (Å²) in [7, 11) is 1.95. The van der Waals surface area contributed by atoms with E-state index < -0.39 is 0 Å². The van der Waals surface area contributed by atoms with E-state index in [1.807, 2.05) is 44.0 Å². The molecule has 0 spiro atoms. The zero-order chi connectivity index (χ0) is 15.4. The van der Waals surface area contributed by atoms with Crippen molar-refractivity contribution < 1.29 is 8.81 Å². The molecule has 0 fully saturated rings. The van der Waals surface area contributed by atoms with Gasteiger partial charge in [0.1, 0.15) is 17.3 Å². The zero-order valence-corrected chi connectivity index (χ0v) is 12.8. The molecule has 0 saturated heterocycles. The van der Waals surface area contributed by atoms with Crippen LogP contribution in [0.2, 0.25) is 0 Å². The molecule has 0 aliphatic carbocycles. The van der Waals surface area contributed by atoms with E-state index in [1.54, 1.807) is 12.1 Å². The predicted octanol–water partition coefficient (Wildman–Crippen LogP) is 3.64. The molecule has 0 bridgehead atoms. The number of halogens is 1. The fourth-order valence-corrected chi connectivity index (χ4v) is 2.58. The summed E-state index contributed by atoms with van der Waals surface area (Å²) < 4.78 is 19.6. The molecule has 0 saturated carbocycles. The summed E-state index contributed by atoms with van der Waals surface area (Å²) in [6.45, 7) is 4.45. The van der Waals surface area contributed by atoms with Gasteiger partial charge in [-0.25, -0.2) is 4.39 Å². The van der Waals surface area contributed by atoms with Gasteiger partial charge < -0.3 is 10.2 Å². The van der Waals surface area contributed by atoms with Crippen molar-refractivity contribution in [2.75, 3.05) is 7.05 Å². The van der Waals surface area contributed by atoms with Crippen LogP contribution >= 0.6 is 0 Å². The minimum absolute atomic E-state index is 0.0627. The summed E-state index contributed by atoms with van der Waals surface area (Å²) in [4.78, 5) is 2.05. The van der Waals surface area contributed by atoms with Gasteiger partial charge in [0.25, 0.3) is 0 Å². The monoisotopic (exact) mass is 290 g/mol. The molecule has 0 radical (unpaired) electrons. The van der Waals surface area contributed by atoms with E-state index in [-0.39, 0.29) is 17.9 Å². The number of rotatable bonds is 6. The van der Waals surface area contributed by atoms with Gasteiger partial charge in [0.15, 0.2) is 0 Å². The Bertz CT molecular complexity index is 582. The fourth-order valence-electron chi connectivity index (χ4n) is 2.58. The Labute approximate surface area is 125 Å². The second kappa shape index (κ2) is 6.87. The van der Waals surface area contributed by atoms with Crippen molar-refractivity contribution in [1.82, 2.24) is 4.90 Å². The Morgan fingerprint density at radius 3 is 2.52 bits per heavy atom. The van der Waals surface area contributed by atoms with Gasteiger partial charge in [0.2, 0.25) is 0 Å². The Balaban J connectivity index is 2.22. The van der Waals surface area contributed by atoms with Crippen molar-refractivity contribution in [1.29, 1.82) is 0 Å². The first kappa shape index (κ1) is 15.7. The maximum absolute atomic E-state index is 13.8. The highest BCUT2D eigenvalue weighted by Gasteiger charge is 2.26. The normalized spacial score (nSPS) is 14.4. The first-order valence-electron chi connectivity index (χ1n) is 7.28. The third-order valence-corrected chi connectivity index (χ3v) is 3.78. The van der Waals surface area contributed by atoms with E-state index in [2.05, 4.69) is 0 Å². The molecule has 3 nitrogen and oxygen atoms in total. The summed E-state index contributed by atoms with van der Waals surface area (Å²) in [6.07, 6.45) is 0.825. The Hall–Kier alpha value is -1.65. The molecule has 2 atom stereocenters. The summed E-state index contributed by atoms with van der Waals surface area (Å²) >= 11 is 0. The fraction of sp³-hybridized carbons (Fsp3) is 0.412. The van der Waals surface area contributed by atoms with Crippen LogP contribution in [0.3, 0.4) is 0 Å². The number of nitrogens with zero attached hydrogens (tertiary/aromatic N) is 1. The van der Waals surface area contributed by atoms with Crippen LogP contribution in [-0.2, 0) is 6.54 Å². The molecular weight excluding hydrogens is 267 g/mol. The van der Waals surface area contributed by atoms with E-state index in [0.29, 0.717) is 12.1 Å². The quantitative estimate of drug-likeness (QED) is 0.883. The van der Waals surface area contributed by atoms with Gasteiger partial charge in [-0.05, 0) is 38.6 Å². The van der Waals surface area contributed by atoms with Crippen LogP contribution in [0.5, 0.6) is 0 Å². The molecule has 2 unspecified atom stereocenters. The lowest BCUT2D eigenvalue weighted by atomic mass is 10.0. The smallest absolute Gasteiger partial charge is 0.127 e. The zero-order valence-electron chi connectivity index (χ0n) is 12.8.